The average molecular weight is 427 g/mol. The summed E-state index contributed by atoms with van der Waals surface area (Å²) in [5.41, 5.74) is 1.28. The number of hydrogen-bond acceptors (Lipinski definition) is 7. The smallest absolute Gasteiger partial charge is 0.330 e. The number of hydrogen-bond donors (Lipinski definition) is 0. The van der Waals surface area contributed by atoms with Crippen LogP contribution in [0.2, 0.25) is 0 Å². The molecule has 0 N–H and O–H groups in total. The predicted molar refractivity (Wildman–Crippen MR) is 114 cm³/mol. The maximum atomic E-state index is 12.8. The molecule has 0 aliphatic carbocycles. The Morgan fingerprint density at radius 2 is 1.81 bits per heavy atom. The van der Waals surface area contributed by atoms with E-state index in [1.54, 1.807) is 44.4 Å². The molecule has 2 rings (SSSR count). The predicted octanol–water partition coefficient (Wildman–Crippen LogP) is 4.15. The van der Waals surface area contributed by atoms with Crippen LogP contribution in [0, 0.1) is 10.1 Å². The molecule has 0 radical (unpaired) electrons. The summed E-state index contributed by atoms with van der Waals surface area (Å²) in [5.74, 6) is -1.54. The van der Waals surface area contributed by atoms with Crippen molar-refractivity contribution in [3.8, 4) is 5.75 Å². The van der Waals surface area contributed by atoms with Gasteiger partial charge in [0.15, 0.2) is 0 Å². The van der Waals surface area contributed by atoms with Gasteiger partial charge >= 0.3 is 11.9 Å². The molecule has 2 aromatic carbocycles. The molecular weight excluding hydrogens is 402 g/mol. The Morgan fingerprint density at radius 3 is 2.39 bits per heavy atom. The average Bonchev–Trinajstić information content (AvgIpc) is 2.78. The normalized spacial score (nSPS) is 12.7. The number of ether oxygens (including phenoxy) is 3. The summed E-state index contributed by atoms with van der Waals surface area (Å²) >= 11 is 0. The fourth-order valence-corrected chi connectivity index (χ4v) is 3.30. The molecule has 0 aliphatic rings. The highest BCUT2D eigenvalue weighted by Gasteiger charge is 2.32. The van der Waals surface area contributed by atoms with Gasteiger partial charge in [-0.2, -0.15) is 0 Å². The van der Waals surface area contributed by atoms with Gasteiger partial charge < -0.3 is 14.2 Å². The van der Waals surface area contributed by atoms with Gasteiger partial charge in [0.25, 0.3) is 5.69 Å². The standard InChI is InChI=1S/C23H25NO7/c1-4-31-21(25)10-6-9-20(17-7-5-8-19(15-17)29-2)22(23(26)30-3)16-11-13-18(14-12-16)24(27)28/h5-8,10-15,20,22H,4,9H2,1-3H3/b10-6+. The number of nitrogens with zero attached hydrogens (tertiary/aromatic N) is 1. The van der Waals surface area contributed by atoms with Gasteiger partial charge in [-0.15, -0.1) is 0 Å². The largest absolute Gasteiger partial charge is 0.497 e. The zero-order valence-corrected chi connectivity index (χ0v) is 17.6. The monoisotopic (exact) mass is 427 g/mol. The first kappa shape index (κ1) is 23.6. The molecule has 8 nitrogen and oxygen atoms in total. The third kappa shape index (κ3) is 6.40. The molecule has 2 aromatic rings. The minimum Gasteiger partial charge on any atom is -0.497 e. The first-order chi connectivity index (χ1) is 14.9. The lowest BCUT2D eigenvalue weighted by atomic mass is 9.79. The van der Waals surface area contributed by atoms with Crippen LogP contribution in [0.5, 0.6) is 5.75 Å². The van der Waals surface area contributed by atoms with Crippen molar-refractivity contribution >= 4 is 17.6 Å². The molecule has 0 spiro atoms. The zero-order chi connectivity index (χ0) is 22.8. The second-order valence-electron chi connectivity index (χ2n) is 6.62. The van der Waals surface area contributed by atoms with Gasteiger partial charge in [0.2, 0.25) is 0 Å². The Hall–Kier alpha value is -3.68. The van der Waals surface area contributed by atoms with E-state index < -0.39 is 28.7 Å². The SMILES string of the molecule is CCOC(=O)/C=C/CC(c1cccc(OC)c1)C(C(=O)OC)c1ccc([N+](=O)[O-])cc1. The third-order valence-electron chi connectivity index (χ3n) is 4.77. The summed E-state index contributed by atoms with van der Waals surface area (Å²) in [7, 11) is 2.83. The minimum atomic E-state index is -0.759. The van der Waals surface area contributed by atoms with Crippen molar-refractivity contribution < 1.29 is 28.7 Å². The van der Waals surface area contributed by atoms with Gasteiger partial charge in [-0.1, -0.05) is 30.3 Å². The lowest BCUT2D eigenvalue weighted by Crippen LogP contribution is -2.22. The Morgan fingerprint density at radius 1 is 1.10 bits per heavy atom. The van der Waals surface area contributed by atoms with Crippen molar-refractivity contribution in [3.63, 3.8) is 0 Å². The molecule has 0 aliphatic heterocycles. The maximum Gasteiger partial charge on any atom is 0.330 e. The first-order valence-corrected chi connectivity index (χ1v) is 9.70. The first-order valence-electron chi connectivity index (χ1n) is 9.70. The molecule has 0 bridgehead atoms. The molecule has 0 amide bonds. The molecule has 31 heavy (non-hydrogen) atoms. The Kier molecular flexibility index (Phi) is 8.75. The minimum absolute atomic E-state index is 0.0764. The van der Waals surface area contributed by atoms with Crippen molar-refractivity contribution in [2.75, 3.05) is 20.8 Å². The molecule has 8 heteroatoms. The number of non-ortho nitro benzene ring substituents is 1. The number of carbonyl (C=O) groups excluding carboxylic acids is 2. The summed E-state index contributed by atoms with van der Waals surface area (Å²) in [5, 5.41) is 11.0. The van der Waals surface area contributed by atoms with Crippen LogP contribution in [0.4, 0.5) is 5.69 Å². The number of allylic oxidation sites excluding steroid dienone is 1. The van der Waals surface area contributed by atoms with E-state index in [4.69, 9.17) is 14.2 Å². The highest BCUT2D eigenvalue weighted by Crippen LogP contribution is 2.38. The van der Waals surface area contributed by atoms with Gasteiger partial charge in [-0.25, -0.2) is 4.79 Å². The molecule has 0 aromatic heterocycles. The van der Waals surface area contributed by atoms with Gasteiger partial charge in [0, 0.05) is 24.1 Å². The second kappa shape index (κ2) is 11.5. The topological polar surface area (TPSA) is 105 Å². The molecule has 2 unspecified atom stereocenters. The highest BCUT2D eigenvalue weighted by atomic mass is 16.6. The molecule has 0 fully saturated rings. The van der Waals surface area contributed by atoms with Crippen LogP contribution < -0.4 is 4.74 Å². The van der Waals surface area contributed by atoms with Gasteiger partial charge in [-0.3, -0.25) is 14.9 Å². The number of esters is 2. The highest BCUT2D eigenvalue weighted by molar-refractivity contribution is 5.82. The van der Waals surface area contributed by atoms with Gasteiger partial charge in [0.05, 0.1) is 31.7 Å². The van der Waals surface area contributed by atoms with Crippen LogP contribution in [0.3, 0.4) is 0 Å². The third-order valence-corrected chi connectivity index (χ3v) is 4.77. The van der Waals surface area contributed by atoms with E-state index in [1.165, 1.54) is 25.3 Å². The lowest BCUT2D eigenvalue weighted by Gasteiger charge is -2.25. The van der Waals surface area contributed by atoms with Crippen LogP contribution in [0.15, 0.2) is 60.7 Å². The Bertz CT molecular complexity index is 937. The van der Waals surface area contributed by atoms with Crippen LogP contribution >= 0.6 is 0 Å². The summed E-state index contributed by atoms with van der Waals surface area (Å²) in [6, 6.07) is 13.0. The number of methoxy groups -OCH3 is 2. The molecule has 0 saturated carbocycles. The van der Waals surface area contributed by atoms with Gasteiger partial charge in [-0.05, 0) is 36.6 Å². The summed E-state index contributed by atoms with van der Waals surface area (Å²) in [6.45, 7) is 1.97. The van der Waals surface area contributed by atoms with Crippen molar-refractivity contribution in [1.29, 1.82) is 0 Å². The second-order valence-corrected chi connectivity index (χ2v) is 6.62. The summed E-state index contributed by atoms with van der Waals surface area (Å²) in [4.78, 5) is 35.0. The molecule has 0 saturated heterocycles. The van der Waals surface area contributed by atoms with E-state index in [0.29, 0.717) is 17.7 Å². The van der Waals surface area contributed by atoms with Crippen LogP contribution in [-0.2, 0) is 19.1 Å². The number of rotatable bonds is 10. The van der Waals surface area contributed by atoms with Crippen LogP contribution in [-0.4, -0.2) is 37.7 Å². The fraction of sp³-hybridized carbons (Fsp3) is 0.304. The number of benzene rings is 2. The lowest BCUT2D eigenvalue weighted by molar-refractivity contribution is -0.384. The van der Waals surface area contributed by atoms with Crippen molar-refractivity contribution in [3.05, 3.63) is 81.9 Å². The van der Waals surface area contributed by atoms with Crippen LogP contribution in [0.1, 0.15) is 36.3 Å². The van der Waals surface area contributed by atoms with Crippen molar-refractivity contribution in [1.82, 2.24) is 0 Å². The van der Waals surface area contributed by atoms with E-state index in [9.17, 15) is 19.7 Å². The Balaban J connectivity index is 2.50. The quantitative estimate of drug-likeness (QED) is 0.243. The van der Waals surface area contributed by atoms with Crippen molar-refractivity contribution in [2.45, 2.75) is 25.2 Å². The van der Waals surface area contributed by atoms with E-state index in [0.717, 1.165) is 5.56 Å². The zero-order valence-electron chi connectivity index (χ0n) is 17.6. The number of nitro benzene ring substituents is 1. The van der Waals surface area contributed by atoms with Gasteiger partial charge in [0.1, 0.15) is 5.75 Å². The molecule has 164 valence electrons. The maximum absolute atomic E-state index is 12.8. The summed E-state index contributed by atoms with van der Waals surface area (Å²) in [6.07, 6.45) is 3.28. The molecular formula is C23H25NO7. The fourth-order valence-electron chi connectivity index (χ4n) is 3.30. The van der Waals surface area contributed by atoms with Crippen LogP contribution in [0.25, 0.3) is 0 Å². The van der Waals surface area contributed by atoms with E-state index in [-0.39, 0.29) is 12.3 Å². The Labute approximate surface area is 180 Å². The van der Waals surface area contributed by atoms with E-state index in [1.807, 2.05) is 12.1 Å². The molecule has 0 heterocycles. The van der Waals surface area contributed by atoms with E-state index >= 15 is 0 Å². The molecule has 2 atom stereocenters. The van der Waals surface area contributed by atoms with Crippen molar-refractivity contribution in [2.24, 2.45) is 0 Å². The number of carbonyl (C=O) groups is 2. The summed E-state index contributed by atoms with van der Waals surface area (Å²) < 4.78 is 15.3. The van der Waals surface area contributed by atoms with E-state index in [2.05, 4.69) is 0 Å². The number of nitro groups is 1.